The van der Waals surface area contributed by atoms with E-state index >= 15 is 0 Å². The number of piperidine rings is 1. The summed E-state index contributed by atoms with van der Waals surface area (Å²) in [5, 5.41) is 5.68. The number of carbonyl (C=O) groups is 2. The minimum absolute atomic E-state index is 0.0592. The van der Waals surface area contributed by atoms with Crippen LogP contribution in [0, 0.1) is 12.3 Å². The molecule has 10 heteroatoms. The molecule has 0 aliphatic carbocycles. The van der Waals surface area contributed by atoms with Crippen LogP contribution in [0.5, 0.6) is 0 Å². The lowest BCUT2D eigenvalue weighted by Crippen LogP contribution is -2.48. The Bertz CT molecular complexity index is 820. The Morgan fingerprint density at radius 2 is 1.97 bits per heavy atom. The first kappa shape index (κ1) is 23.2. The van der Waals surface area contributed by atoms with Gasteiger partial charge in [-0.2, -0.15) is 0 Å². The van der Waals surface area contributed by atoms with Crippen molar-refractivity contribution >= 4 is 27.5 Å². The van der Waals surface area contributed by atoms with Crippen LogP contribution in [-0.2, 0) is 19.6 Å². The van der Waals surface area contributed by atoms with Gasteiger partial charge in [0.25, 0.3) is 0 Å². The highest BCUT2D eigenvalue weighted by Crippen LogP contribution is 2.35. The van der Waals surface area contributed by atoms with Crippen molar-refractivity contribution in [2.24, 2.45) is 5.41 Å². The number of aryl methyl sites for hydroxylation is 1. The van der Waals surface area contributed by atoms with E-state index in [1.54, 1.807) is 12.4 Å². The molecule has 162 valence electrons. The van der Waals surface area contributed by atoms with Gasteiger partial charge >= 0.3 is 0 Å². The van der Waals surface area contributed by atoms with Crippen molar-refractivity contribution in [1.82, 2.24) is 19.9 Å². The zero-order chi connectivity index (χ0) is 21.5. The molecule has 1 aromatic rings. The Balaban J connectivity index is 2.00. The molecule has 1 fully saturated rings. The molecule has 29 heavy (non-hydrogen) atoms. The van der Waals surface area contributed by atoms with Gasteiger partial charge in [-0.3, -0.25) is 14.6 Å². The predicted molar refractivity (Wildman–Crippen MR) is 112 cm³/mol. The molecule has 0 radical (unpaired) electrons. The Labute approximate surface area is 172 Å². The van der Waals surface area contributed by atoms with Gasteiger partial charge in [0.05, 0.1) is 18.1 Å². The molecule has 0 aromatic carbocycles. The summed E-state index contributed by atoms with van der Waals surface area (Å²) in [4.78, 5) is 30.0. The summed E-state index contributed by atoms with van der Waals surface area (Å²) >= 11 is 0. The Hall–Kier alpha value is -2.04. The highest BCUT2D eigenvalue weighted by Gasteiger charge is 2.37. The van der Waals surface area contributed by atoms with E-state index < -0.39 is 15.4 Å². The van der Waals surface area contributed by atoms with Gasteiger partial charge < -0.3 is 15.5 Å². The Kier molecular flexibility index (Phi) is 8.12. The van der Waals surface area contributed by atoms with Crippen LogP contribution in [0.1, 0.15) is 31.7 Å². The van der Waals surface area contributed by atoms with Crippen LogP contribution < -0.4 is 15.4 Å². The third kappa shape index (κ3) is 8.08. The highest BCUT2D eigenvalue weighted by molar-refractivity contribution is 7.88. The van der Waals surface area contributed by atoms with Crippen LogP contribution in [0.3, 0.4) is 0 Å². The van der Waals surface area contributed by atoms with Crippen molar-refractivity contribution in [3.8, 4) is 0 Å². The topological polar surface area (TPSA) is 121 Å². The minimum Gasteiger partial charge on any atom is -0.355 e. The summed E-state index contributed by atoms with van der Waals surface area (Å²) < 4.78 is 25.9. The van der Waals surface area contributed by atoms with Crippen molar-refractivity contribution < 1.29 is 18.0 Å². The number of rotatable bonds is 9. The normalized spacial score (nSPS) is 16.9. The van der Waals surface area contributed by atoms with Crippen LogP contribution in [0.25, 0.3) is 0 Å². The van der Waals surface area contributed by atoms with Gasteiger partial charge in [0.1, 0.15) is 0 Å². The zero-order valence-corrected chi connectivity index (χ0v) is 18.1. The van der Waals surface area contributed by atoms with Crippen molar-refractivity contribution in [3.63, 3.8) is 0 Å². The zero-order valence-electron chi connectivity index (χ0n) is 17.3. The first-order chi connectivity index (χ1) is 13.6. The molecule has 0 unspecified atom stereocenters. The van der Waals surface area contributed by atoms with Crippen molar-refractivity contribution in [2.75, 3.05) is 44.3 Å². The summed E-state index contributed by atoms with van der Waals surface area (Å²) in [6.07, 6.45) is 6.01. The largest absolute Gasteiger partial charge is 0.355 e. The maximum absolute atomic E-state index is 12.7. The first-order valence-corrected chi connectivity index (χ1v) is 11.6. The van der Waals surface area contributed by atoms with E-state index in [2.05, 4.69) is 25.2 Å². The van der Waals surface area contributed by atoms with Crippen molar-refractivity contribution in [2.45, 2.75) is 33.1 Å². The molecule has 0 spiro atoms. The first-order valence-electron chi connectivity index (χ1n) is 9.70. The van der Waals surface area contributed by atoms with Crippen LogP contribution in [0.4, 0.5) is 5.69 Å². The second-order valence-corrected chi connectivity index (χ2v) is 9.67. The Morgan fingerprint density at radius 3 is 2.55 bits per heavy atom. The average molecular weight is 426 g/mol. The Morgan fingerprint density at radius 1 is 1.28 bits per heavy atom. The molecule has 0 atom stereocenters. The number of hydrogen-bond donors (Lipinski definition) is 3. The lowest BCUT2D eigenvalue weighted by molar-refractivity contribution is -0.120. The van der Waals surface area contributed by atoms with Gasteiger partial charge in [-0.15, -0.1) is 0 Å². The van der Waals surface area contributed by atoms with Gasteiger partial charge in [0.15, 0.2) is 0 Å². The number of hydrogen-bond acceptors (Lipinski definition) is 6. The molecule has 0 bridgehead atoms. The summed E-state index contributed by atoms with van der Waals surface area (Å²) in [5.74, 6) is -0.209. The van der Waals surface area contributed by atoms with Crippen LogP contribution >= 0.6 is 0 Å². The molecule has 0 saturated carbocycles. The molecule has 2 amide bonds. The summed E-state index contributed by atoms with van der Waals surface area (Å²) in [6, 6.07) is 1.82. The lowest BCUT2D eigenvalue weighted by Gasteiger charge is -2.41. The fourth-order valence-electron chi connectivity index (χ4n) is 3.47. The van der Waals surface area contributed by atoms with E-state index in [0.717, 1.165) is 31.5 Å². The van der Waals surface area contributed by atoms with Crippen molar-refractivity contribution in [3.05, 3.63) is 24.0 Å². The predicted octanol–water partition coefficient (Wildman–Crippen LogP) is 0.486. The van der Waals surface area contributed by atoms with Crippen LogP contribution in [0.15, 0.2) is 18.5 Å². The molecular weight excluding hydrogens is 394 g/mol. The number of nitrogens with zero attached hydrogens (tertiary/aromatic N) is 2. The molecule has 1 aliphatic rings. The summed E-state index contributed by atoms with van der Waals surface area (Å²) in [7, 11) is -3.35. The van der Waals surface area contributed by atoms with E-state index in [-0.39, 0.29) is 24.8 Å². The van der Waals surface area contributed by atoms with E-state index in [1.165, 1.54) is 6.92 Å². The standard InChI is InChI=1S/C19H31N5O4S/c1-15-4-7-20-13-17(15)23-18(26)12-19(14-22-29(3,27)28)5-9-24(10-6-19)11-8-21-16(2)25/h4,7,13,22H,5-6,8-12,14H2,1-3H3,(H,21,25)(H,23,26). The van der Waals surface area contributed by atoms with Gasteiger partial charge in [0.2, 0.25) is 21.8 Å². The summed E-state index contributed by atoms with van der Waals surface area (Å²) in [6.45, 7) is 6.40. The van der Waals surface area contributed by atoms with Gasteiger partial charge in [0, 0.05) is 39.2 Å². The fraction of sp³-hybridized carbons (Fsp3) is 0.632. The number of pyridine rings is 1. The third-order valence-electron chi connectivity index (χ3n) is 5.28. The maximum atomic E-state index is 12.7. The quantitative estimate of drug-likeness (QED) is 0.529. The molecule has 1 aromatic heterocycles. The maximum Gasteiger partial charge on any atom is 0.225 e. The molecule has 1 saturated heterocycles. The molecule has 2 rings (SSSR count). The molecule has 2 heterocycles. The minimum atomic E-state index is -3.35. The van der Waals surface area contributed by atoms with E-state index in [9.17, 15) is 18.0 Å². The van der Waals surface area contributed by atoms with Crippen molar-refractivity contribution in [1.29, 1.82) is 0 Å². The second kappa shape index (κ2) is 10.1. The number of nitrogens with one attached hydrogen (secondary N) is 3. The number of carbonyl (C=O) groups excluding carboxylic acids is 2. The molecule has 1 aliphatic heterocycles. The SMILES string of the molecule is CC(=O)NCCN1CCC(CNS(C)(=O)=O)(CC(=O)Nc2cnccc2C)CC1. The van der Waals surface area contributed by atoms with Gasteiger partial charge in [-0.25, -0.2) is 13.1 Å². The number of anilines is 1. The van der Waals surface area contributed by atoms with Crippen LogP contribution in [-0.4, -0.2) is 69.1 Å². The van der Waals surface area contributed by atoms with Gasteiger partial charge in [-0.1, -0.05) is 0 Å². The average Bonchev–Trinajstić information content (AvgIpc) is 2.63. The number of aromatic nitrogens is 1. The number of likely N-dealkylation sites (tertiary alicyclic amines) is 1. The fourth-order valence-corrected chi connectivity index (χ4v) is 4.04. The number of sulfonamides is 1. The van der Waals surface area contributed by atoms with Gasteiger partial charge in [-0.05, 0) is 49.9 Å². The monoisotopic (exact) mass is 425 g/mol. The molecule has 9 nitrogen and oxygen atoms in total. The highest BCUT2D eigenvalue weighted by atomic mass is 32.2. The summed E-state index contributed by atoms with van der Waals surface area (Å²) in [5.41, 5.74) is 1.13. The second-order valence-electron chi connectivity index (χ2n) is 7.83. The molecule has 3 N–H and O–H groups in total. The molecular formula is C19H31N5O4S. The van der Waals surface area contributed by atoms with Crippen LogP contribution in [0.2, 0.25) is 0 Å². The van der Waals surface area contributed by atoms with E-state index in [4.69, 9.17) is 0 Å². The van der Waals surface area contributed by atoms with E-state index in [1.807, 2.05) is 13.0 Å². The smallest absolute Gasteiger partial charge is 0.225 e. The van der Waals surface area contributed by atoms with E-state index in [0.29, 0.717) is 25.1 Å². The number of amides is 2. The third-order valence-corrected chi connectivity index (χ3v) is 5.95. The lowest BCUT2D eigenvalue weighted by atomic mass is 9.75.